The van der Waals surface area contributed by atoms with Crippen molar-refractivity contribution in [2.24, 2.45) is 0 Å². The fourth-order valence-electron chi connectivity index (χ4n) is 1.11. The maximum absolute atomic E-state index is 8.78. The summed E-state index contributed by atoms with van der Waals surface area (Å²) >= 11 is 0. The van der Waals surface area contributed by atoms with Crippen molar-refractivity contribution < 1.29 is 0 Å². The van der Waals surface area contributed by atoms with E-state index >= 15 is 0 Å². The molecule has 1 saturated carbocycles. The third kappa shape index (κ3) is 1.59. The minimum absolute atomic E-state index is 0.141. The molecule has 1 aliphatic carbocycles. The first-order valence-electron chi connectivity index (χ1n) is 4.23. The van der Waals surface area contributed by atoms with E-state index in [1.807, 2.05) is 0 Å². The van der Waals surface area contributed by atoms with Gasteiger partial charge in [-0.2, -0.15) is 10.4 Å². The molecule has 66 valence electrons. The van der Waals surface area contributed by atoms with Gasteiger partial charge in [0.05, 0.1) is 11.8 Å². The molecular formula is C9H10N4. The fraction of sp³-hybridized carbons (Fsp3) is 0.444. The minimum atomic E-state index is 0.141. The molecule has 0 unspecified atom stereocenters. The van der Waals surface area contributed by atoms with Gasteiger partial charge < -0.3 is 5.32 Å². The van der Waals surface area contributed by atoms with E-state index in [1.54, 1.807) is 6.07 Å². The second-order valence-electron chi connectivity index (χ2n) is 3.59. The molecular weight excluding hydrogens is 164 g/mol. The standard InChI is InChI=1S/C9H10N4/c1-9(3-4-9)12-8-7(6-10)2-5-11-13-8/h2,5H,3-4H2,1H3,(H,12,13). The van der Waals surface area contributed by atoms with Crippen LogP contribution in [0.4, 0.5) is 5.82 Å². The van der Waals surface area contributed by atoms with E-state index in [0.29, 0.717) is 11.4 Å². The zero-order valence-corrected chi connectivity index (χ0v) is 7.41. The van der Waals surface area contributed by atoms with E-state index in [1.165, 1.54) is 6.20 Å². The SMILES string of the molecule is CC1(Nc2nnccc2C#N)CC1. The van der Waals surface area contributed by atoms with Crippen molar-refractivity contribution in [3.05, 3.63) is 17.8 Å². The van der Waals surface area contributed by atoms with Crippen LogP contribution in [0.2, 0.25) is 0 Å². The molecule has 4 heteroatoms. The predicted molar refractivity (Wildman–Crippen MR) is 48.0 cm³/mol. The van der Waals surface area contributed by atoms with Gasteiger partial charge in [0.1, 0.15) is 6.07 Å². The molecule has 2 rings (SSSR count). The number of hydrogen-bond donors (Lipinski definition) is 1. The molecule has 0 radical (unpaired) electrons. The van der Waals surface area contributed by atoms with Crippen molar-refractivity contribution in [3.63, 3.8) is 0 Å². The Labute approximate surface area is 76.6 Å². The lowest BCUT2D eigenvalue weighted by atomic mass is 10.2. The van der Waals surface area contributed by atoms with Crippen LogP contribution in [0.15, 0.2) is 12.3 Å². The summed E-state index contributed by atoms with van der Waals surface area (Å²) in [6.07, 6.45) is 3.79. The van der Waals surface area contributed by atoms with Crippen LogP contribution >= 0.6 is 0 Å². The largest absolute Gasteiger partial charge is 0.362 e. The van der Waals surface area contributed by atoms with Crippen LogP contribution < -0.4 is 5.32 Å². The Bertz CT molecular complexity index is 362. The summed E-state index contributed by atoms with van der Waals surface area (Å²) < 4.78 is 0. The number of anilines is 1. The van der Waals surface area contributed by atoms with Gasteiger partial charge in [-0.3, -0.25) is 0 Å². The lowest BCUT2D eigenvalue weighted by Gasteiger charge is -2.11. The van der Waals surface area contributed by atoms with Crippen molar-refractivity contribution in [2.45, 2.75) is 25.3 Å². The van der Waals surface area contributed by atoms with Gasteiger partial charge in [0.25, 0.3) is 0 Å². The van der Waals surface area contributed by atoms with E-state index in [9.17, 15) is 0 Å². The third-order valence-electron chi connectivity index (χ3n) is 2.26. The van der Waals surface area contributed by atoms with E-state index in [0.717, 1.165) is 12.8 Å². The monoisotopic (exact) mass is 174 g/mol. The van der Waals surface area contributed by atoms with Crippen LogP contribution in [0.25, 0.3) is 0 Å². The van der Waals surface area contributed by atoms with E-state index in [-0.39, 0.29) is 5.54 Å². The number of hydrogen-bond acceptors (Lipinski definition) is 4. The summed E-state index contributed by atoms with van der Waals surface area (Å²) in [4.78, 5) is 0. The summed E-state index contributed by atoms with van der Waals surface area (Å²) in [5.41, 5.74) is 0.699. The van der Waals surface area contributed by atoms with Crippen LogP contribution in [-0.4, -0.2) is 15.7 Å². The smallest absolute Gasteiger partial charge is 0.167 e. The van der Waals surface area contributed by atoms with E-state index < -0.39 is 0 Å². The Morgan fingerprint density at radius 3 is 3.00 bits per heavy atom. The van der Waals surface area contributed by atoms with E-state index in [2.05, 4.69) is 28.5 Å². The Morgan fingerprint density at radius 1 is 1.62 bits per heavy atom. The molecule has 1 N–H and O–H groups in total. The quantitative estimate of drug-likeness (QED) is 0.734. The van der Waals surface area contributed by atoms with Crippen LogP contribution in [-0.2, 0) is 0 Å². The molecule has 0 saturated heterocycles. The van der Waals surface area contributed by atoms with Gasteiger partial charge in [0.2, 0.25) is 0 Å². The molecule has 0 amide bonds. The molecule has 13 heavy (non-hydrogen) atoms. The first kappa shape index (κ1) is 7.99. The van der Waals surface area contributed by atoms with Crippen molar-refractivity contribution in [1.29, 1.82) is 5.26 Å². The van der Waals surface area contributed by atoms with Crippen molar-refractivity contribution in [3.8, 4) is 6.07 Å². The number of nitrogens with one attached hydrogen (secondary N) is 1. The average molecular weight is 174 g/mol. The highest BCUT2D eigenvalue weighted by Gasteiger charge is 2.37. The molecule has 1 aliphatic rings. The summed E-state index contributed by atoms with van der Waals surface area (Å²) in [6, 6.07) is 3.75. The molecule has 1 heterocycles. The lowest BCUT2D eigenvalue weighted by molar-refractivity contribution is 0.810. The minimum Gasteiger partial charge on any atom is -0.362 e. The number of nitriles is 1. The average Bonchev–Trinajstić information content (AvgIpc) is 2.84. The Kier molecular flexibility index (Phi) is 1.66. The number of rotatable bonds is 2. The molecule has 1 aromatic heterocycles. The highest BCUT2D eigenvalue weighted by molar-refractivity contribution is 5.52. The Morgan fingerprint density at radius 2 is 2.38 bits per heavy atom. The van der Waals surface area contributed by atoms with Gasteiger partial charge in [0.15, 0.2) is 5.82 Å². The summed E-state index contributed by atoms with van der Waals surface area (Å²) in [7, 11) is 0. The molecule has 0 atom stereocenters. The summed E-state index contributed by atoms with van der Waals surface area (Å²) in [6.45, 7) is 2.11. The molecule has 4 nitrogen and oxygen atoms in total. The van der Waals surface area contributed by atoms with Crippen LogP contribution in [0.3, 0.4) is 0 Å². The summed E-state index contributed by atoms with van der Waals surface area (Å²) in [5, 5.41) is 19.6. The maximum Gasteiger partial charge on any atom is 0.167 e. The van der Waals surface area contributed by atoms with Crippen molar-refractivity contribution >= 4 is 5.82 Å². The molecule has 1 aromatic rings. The first-order chi connectivity index (χ1) is 6.23. The fourth-order valence-corrected chi connectivity index (χ4v) is 1.11. The maximum atomic E-state index is 8.78. The van der Waals surface area contributed by atoms with Crippen molar-refractivity contribution in [2.75, 3.05) is 5.32 Å². The second kappa shape index (κ2) is 2.70. The predicted octanol–water partition coefficient (Wildman–Crippen LogP) is 1.31. The third-order valence-corrected chi connectivity index (χ3v) is 2.26. The highest BCUT2D eigenvalue weighted by atomic mass is 15.2. The molecule has 0 aliphatic heterocycles. The Balaban J connectivity index is 2.25. The van der Waals surface area contributed by atoms with E-state index in [4.69, 9.17) is 5.26 Å². The molecule has 0 bridgehead atoms. The normalized spacial score (nSPS) is 17.5. The van der Waals surface area contributed by atoms with Gasteiger partial charge in [0, 0.05) is 5.54 Å². The van der Waals surface area contributed by atoms with Crippen LogP contribution in [0.1, 0.15) is 25.3 Å². The zero-order valence-electron chi connectivity index (χ0n) is 7.41. The van der Waals surface area contributed by atoms with Gasteiger partial charge in [-0.05, 0) is 25.8 Å². The van der Waals surface area contributed by atoms with Gasteiger partial charge >= 0.3 is 0 Å². The zero-order chi connectivity index (χ0) is 9.31. The molecule has 0 spiro atoms. The van der Waals surface area contributed by atoms with Crippen LogP contribution in [0.5, 0.6) is 0 Å². The van der Waals surface area contributed by atoms with Crippen LogP contribution in [0, 0.1) is 11.3 Å². The van der Waals surface area contributed by atoms with Gasteiger partial charge in [-0.1, -0.05) is 0 Å². The number of nitrogens with zero attached hydrogens (tertiary/aromatic N) is 3. The Hall–Kier alpha value is -1.63. The number of aromatic nitrogens is 2. The van der Waals surface area contributed by atoms with Crippen molar-refractivity contribution in [1.82, 2.24) is 10.2 Å². The topological polar surface area (TPSA) is 61.6 Å². The lowest BCUT2D eigenvalue weighted by Crippen LogP contribution is -2.18. The molecule has 1 fully saturated rings. The highest BCUT2D eigenvalue weighted by Crippen LogP contribution is 2.37. The van der Waals surface area contributed by atoms with Gasteiger partial charge in [-0.15, -0.1) is 5.10 Å². The summed E-state index contributed by atoms with van der Waals surface area (Å²) in [5.74, 6) is 0.602. The molecule has 0 aromatic carbocycles. The first-order valence-corrected chi connectivity index (χ1v) is 4.23. The second-order valence-corrected chi connectivity index (χ2v) is 3.59. The van der Waals surface area contributed by atoms with Gasteiger partial charge in [-0.25, -0.2) is 0 Å².